The van der Waals surface area contributed by atoms with Crippen LogP contribution in [0.5, 0.6) is 5.75 Å². The van der Waals surface area contributed by atoms with E-state index in [1.165, 1.54) is 12.1 Å². The lowest BCUT2D eigenvalue weighted by Crippen LogP contribution is -2.46. The van der Waals surface area contributed by atoms with Gasteiger partial charge in [-0.25, -0.2) is 4.39 Å². The minimum absolute atomic E-state index is 0. The third-order valence-corrected chi connectivity index (χ3v) is 4.04. The van der Waals surface area contributed by atoms with Crippen molar-refractivity contribution in [1.29, 1.82) is 0 Å². The molecule has 1 aromatic carbocycles. The summed E-state index contributed by atoms with van der Waals surface area (Å²) in [6, 6.07) is 5.01. The van der Waals surface area contributed by atoms with E-state index in [4.69, 9.17) is 0 Å². The molecule has 2 N–H and O–H groups in total. The number of aromatic hydroxyl groups is 1. The molecule has 0 bridgehead atoms. The van der Waals surface area contributed by atoms with Gasteiger partial charge in [-0.2, -0.15) is 0 Å². The van der Waals surface area contributed by atoms with Crippen LogP contribution >= 0.6 is 24.8 Å². The molecule has 1 aliphatic rings. The van der Waals surface area contributed by atoms with E-state index in [1.54, 1.807) is 0 Å². The summed E-state index contributed by atoms with van der Waals surface area (Å²) in [5, 5.41) is 12.7. The zero-order chi connectivity index (χ0) is 13.8. The molecule has 0 spiro atoms. The molecule has 21 heavy (non-hydrogen) atoms. The Labute approximate surface area is 138 Å². The van der Waals surface area contributed by atoms with Crippen molar-refractivity contribution in [1.82, 2.24) is 10.2 Å². The highest BCUT2D eigenvalue weighted by molar-refractivity contribution is 5.85. The van der Waals surface area contributed by atoms with Gasteiger partial charge in [0.2, 0.25) is 0 Å². The summed E-state index contributed by atoms with van der Waals surface area (Å²) in [5.74, 6) is -0.338. The maximum absolute atomic E-state index is 13.6. The summed E-state index contributed by atoms with van der Waals surface area (Å²) in [6.45, 7) is 8.30. The van der Waals surface area contributed by atoms with E-state index < -0.39 is 5.82 Å². The molecule has 1 aromatic rings. The van der Waals surface area contributed by atoms with E-state index in [2.05, 4.69) is 24.1 Å². The van der Waals surface area contributed by atoms with Crippen molar-refractivity contribution in [2.75, 3.05) is 26.2 Å². The van der Waals surface area contributed by atoms with Gasteiger partial charge in [-0.3, -0.25) is 4.90 Å². The predicted molar refractivity (Wildman–Crippen MR) is 89.2 cm³/mol. The van der Waals surface area contributed by atoms with Crippen LogP contribution in [0.1, 0.15) is 31.9 Å². The standard InChI is InChI=1S/C15H23FN2O.2ClH/c1-3-11(2)15(18-8-6-17-7-9-18)12-4-5-14(19)13(16)10-12;;/h4-5,10-11,15,17,19H,3,6-9H2,1-2H3;2*1H/t11?,15-;;/m0../s1. The summed E-state index contributed by atoms with van der Waals surface area (Å²) in [7, 11) is 0. The highest BCUT2D eigenvalue weighted by Gasteiger charge is 2.26. The molecule has 0 saturated carbocycles. The van der Waals surface area contributed by atoms with E-state index in [0.29, 0.717) is 5.92 Å². The number of nitrogens with zero attached hydrogens (tertiary/aromatic N) is 1. The van der Waals surface area contributed by atoms with Crippen LogP contribution in [0.25, 0.3) is 0 Å². The molecule has 1 unspecified atom stereocenters. The molecule has 3 nitrogen and oxygen atoms in total. The van der Waals surface area contributed by atoms with Crippen molar-refractivity contribution in [2.24, 2.45) is 5.92 Å². The molecular weight excluding hydrogens is 314 g/mol. The number of benzene rings is 1. The Morgan fingerprint density at radius 1 is 1.29 bits per heavy atom. The fourth-order valence-electron chi connectivity index (χ4n) is 2.79. The van der Waals surface area contributed by atoms with Crippen molar-refractivity contribution in [3.05, 3.63) is 29.6 Å². The quantitative estimate of drug-likeness (QED) is 0.883. The van der Waals surface area contributed by atoms with E-state index in [0.717, 1.165) is 38.2 Å². The van der Waals surface area contributed by atoms with E-state index >= 15 is 0 Å². The molecule has 2 atom stereocenters. The topological polar surface area (TPSA) is 35.5 Å². The van der Waals surface area contributed by atoms with Gasteiger partial charge in [-0.1, -0.05) is 26.3 Å². The van der Waals surface area contributed by atoms with Crippen molar-refractivity contribution in [2.45, 2.75) is 26.3 Å². The molecule has 0 aromatic heterocycles. The molecular formula is C15H25Cl2FN2O. The smallest absolute Gasteiger partial charge is 0.165 e. The van der Waals surface area contributed by atoms with Gasteiger partial charge in [-0.05, 0) is 23.6 Å². The molecule has 122 valence electrons. The van der Waals surface area contributed by atoms with Crippen LogP contribution in [0.4, 0.5) is 4.39 Å². The molecule has 6 heteroatoms. The van der Waals surface area contributed by atoms with Crippen molar-refractivity contribution in [3.8, 4) is 5.75 Å². The number of rotatable bonds is 4. The van der Waals surface area contributed by atoms with Crippen molar-refractivity contribution < 1.29 is 9.50 Å². The summed E-state index contributed by atoms with van der Waals surface area (Å²) >= 11 is 0. The number of piperazine rings is 1. The number of hydrogen-bond donors (Lipinski definition) is 2. The van der Waals surface area contributed by atoms with Crippen LogP contribution < -0.4 is 5.32 Å². The Morgan fingerprint density at radius 2 is 1.90 bits per heavy atom. The Kier molecular flexibility index (Phi) is 9.22. The maximum Gasteiger partial charge on any atom is 0.165 e. The van der Waals surface area contributed by atoms with Crippen LogP contribution in [-0.2, 0) is 0 Å². The molecule has 0 amide bonds. The normalized spacial score (nSPS) is 18.2. The predicted octanol–water partition coefficient (Wildman–Crippen LogP) is 3.37. The monoisotopic (exact) mass is 338 g/mol. The molecule has 1 saturated heterocycles. The number of halogens is 3. The summed E-state index contributed by atoms with van der Waals surface area (Å²) in [4.78, 5) is 2.41. The molecule has 2 rings (SSSR count). The Bertz CT molecular complexity index is 428. The zero-order valence-electron chi connectivity index (χ0n) is 12.5. The lowest BCUT2D eigenvalue weighted by Gasteiger charge is -2.38. The number of phenols is 1. The maximum atomic E-state index is 13.6. The van der Waals surface area contributed by atoms with Crippen LogP contribution in [0.3, 0.4) is 0 Å². The Balaban J connectivity index is 0.00000200. The van der Waals surface area contributed by atoms with Gasteiger partial charge in [0.15, 0.2) is 11.6 Å². The first-order valence-electron chi connectivity index (χ1n) is 7.06. The van der Waals surface area contributed by atoms with Crippen LogP contribution in [0, 0.1) is 11.7 Å². The molecule has 0 aliphatic carbocycles. The van der Waals surface area contributed by atoms with Gasteiger partial charge in [-0.15, -0.1) is 24.8 Å². The zero-order valence-corrected chi connectivity index (χ0v) is 14.1. The number of phenolic OH excluding ortho intramolecular Hbond substituents is 1. The lowest BCUT2D eigenvalue weighted by atomic mass is 9.90. The fourth-order valence-corrected chi connectivity index (χ4v) is 2.79. The van der Waals surface area contributed by atoms with Crippen LogP contribution in [0.15, 0.2) is 18.2 Å². The van der Waals surface area contributed by atoms with Crippen LogP contribution in [0.2, 0.25) is 0 Å². The number of hydrogen-bond acceptors (Lipinski definition) is 3. The summed E-state index contributed by atoms with van der Waals surface area (Å²) in [5.41, 5.74) is 0.964. The minimum atomic E-state index is -0.527. The third kappa shape index (κ3) is 4.99. The molecule has 0 radical (unpaired) electrons. The van der Waals surface area contributed by atoms with Gasteiger partial charge >= 0.3 is 0 Å². The lowest BCUT2D eigenvalue weighted by molar-refractivity contribution is 0.128. The van der Waals surface area contributed by atoms with Gasteiger partial charge < -0.3 is 10.4 Å². The first-order chi connectivity index (χ1) is 9.13. The number of nitrogens with one attached hydrogen (secondary N) is 1. The van der Waals surface area contributed by atoms with Crippen molar-refractivity contribution in [3.63, 3.8) is 0 Å². The van der Waals surface area contributed by atoms with Gasteiger partial charge in [0, 0.05) is 32.2 Å². The second-order valence-electron chi connectivity index (χ2n) is 5.33. The highest BCUT2D eigenvalue weighted by Crippen LogP contribution is 2.32. The third-order valence-electron chi connectivity index (χ3n) is 4.04. The summed E-state index contributed by atoms with van der Waals surface area (Å²) in [6.07, 6.45) is 1.05. The van der Waals surface area contributed by atoms with Gasteiger partial charge in [0.05, 0.1) is 0 Å². The second-order valence-corrected chi connectivity index (χ2v) is 5.33. The van der Waals surface area contributed by atoms with Crippen molar-refractivity contribution >= 4 is 24.8 Å². The first kappa shape index (κ1) is 20.5. The van der Waals surface area contributed by atoms with Gasteiger partial charge in [0.1, 0.15) is 0 Å². The highest BCUT2D eigenvalue weighted by atomic mass is 35.5. The average Bonchev–Trinajstić information content (AvgIpc) is 2.44. The largest absolute Gasteiger partial charge is 0.505 e. The average molecular weight is 339 g/mol. The van der Waals surface area contributed by atoms with E-state index in [1.807, 2.05) is 6.07 Å². The van der Waals surface area contributed by atoms with E-state index in [-0.39, 0.29) is 36.6 Å². The second kappa shape index (κ2) is 9.46. The molecule has 1 fully saturated rings. The Morgan fingerprint density at radius 3 is 2.43 bits per heavy atom. The fraction of sp³-hybridized carbons (Fsp3) is 0.600. The minimum Gasteiger partial charge on any atom is -0.505 e. The van der Waals surface area contributed by atoms with Gasteiger partial charge in [0.25, 0.3) is 0 Å². The van der Waals surface area contributed by atoms with E-state index in [9.17, 15) is 9.50 Å². The van der Waals surface area contributed by atoms with Crippen LogP contribution in [-0.4, -0.2) is 36.2 Å². The molecule has 1 aliphatic heterocycles. The molecule has 1 heterocycles. The first-order valence-corrected chi connectivity index (χ1v) is 7.06. The Hall–Kier alpha value is -0.550. The SMILES string of the molecule is CCC(C)[C@@H](c1ccc(O)c(F)c1)N1CCNCC1.Cl.Cl. The summed E-state index contributed by atoms with van der Waals surface area (Å²) < 4.78 is 13.6.